The average Bonchev–Trinajstić information content (AvgIpc) is 3.46. The molecule has 6 nitrogen and oxygen atoms in total. The number of aliphatic hydroxyl groups excluding tert-OH is 1. The molecule has 1 aromatic carbocycles. The largest absolute Gasteiger partial charge is 0.507 e. The molecule has 0 radical (unpaired) electrons. The summed E-state index contributed by atoms with van der Waals surface area (Å²) >= 11 is 7.65. The number of ether oxygens (including phenoxy) is 1. The number of carbonyl (C=O) groups is 2. The zero-order chi connectivity index (χ0) is 20.5. The molecule has 4 rings (SSSR count). The van der Waals surface area contributed by atoms with Gasteiger partial charge in [-0.2, -0.15) is 0 Å². The summed E-state index contributed by atoms with van der Waals surface area (Å²) in [4.78, 5) is 28.0. The fourth-order valence-corrected chi connectivity index (χ4v) is 4.29. The molecule has 1 atom stereocenters. The van der Waals surface area contributed by atoms with Gasteiger partial charge in [0.1, 0.15) is 23.3 Å². The third-order valence-corrected chi connectivity index (χ3v) is 5.84. The van der Waals surface area contributed by atoms with Crippen molar-refractivity contribution in [3.05, 3.63) is 80.9 Å². The Morgan fingerprint density at radius 3 is 2.72 bits per heavy atom. The minimum Gasteiger partial charge on any atom is -0.507 e. The lowest BCUT2D eigenvalue weighted by Crippen LogP contribution is -2.28. The molecule has 0 spiro atoms. The highest BCUT2D eigenvalue weighted by molar-refractivity contribution is 7.09. The molecule has 8 heteroatoms. The van der Waals surface area contributed by atoms with E-state index in [1.165, 1.54) is 35.7 Å². The summed E-state index contributed by atoms with van der Waals surface area (Å²) in [6, 6.07) is 10.9. The van der Waals surface area contributed by atoms with Gasteiger partial charge >= 0.3 is 0 Å². The SMILES string of the molecule is COc1ccc(/C(O)=C2/C(=O)C(=O)N(Cc3cccs3)C2c2ccco2)cc1Cl. The summed E-state index contributed by atoms with van der Waals surface area (Å²) in [6.07, 6.45) is 1.46. The van der Waals surface area contributed by atoms with Crippen LogP contribution in [0.2, 0.25) is 5.02 Å². The second kappa shape index (κ2) is 7.77. The van der Waals surface area contributed by atoms with Crippen molar-refractivity contribution < 1.29 is 23.8 Å². The number of thiophene rings is 1. The Hall–Kier alpha value is -3.03. The van der Waals surface area contributed by atoms with Crippen LogP contribution in [-0.4, -0.2) is 28.8 Å². The molecule has 0 bridgehead atoms. The van der Waals surface area contributed by atoms with E-state index in [9.17, 15) is 14.7 Å². The predicted molar refractivity (Wildman–Crippen MR) is 109 cm³/mol. The fourth-order valence-electron chi connectivity index (χ4n) is 3.33. The Morgan fingerprint density at radius 2 is 2.10 bits per heavy atom. The molecule has 2 aromatic heterocycles. The summed E-state index contributed by atoms with van der Waals surface area (Å²) in [5.74, 6) is -0.956. The van der Waals surface area contributed by atoms with Crippen molar-refractivity contribution in [1.29, 1.82) is 0 Å². The number of halogens is 1. The third-order valence-electron chi connectivity index (χ3n) is 4.68. The Kier molecular flexibility index (Phi) is 5.17. The van der Waals surface area contributed by atoms with Gasteiger partial charge in [0.25, 0.3) is 11.7 Å². The molecule has 1 amide bonds. The van der Waals surface area contributed by atoms with Gasteiger partial charge in [0.2, 0.25) is 0 Å². The van der Waals surface area contributed by atoms with Crippen LogP contribution in [0.25, 0.3) is 5.76 Å². The maximum absolute atomic E-state index is 12.9. The summed E-state index contributed by atoms with van der Waals surface area (Å²) in [7, 11) is 1.48. The van der Waals surface area contributed by atoms with Crippen molar-refractivity contribution >= 4 is 40.4 Å². The molecule has 1 unspecified atom stereocenters. The van der Waals surface area contributed by atoms with E-state index >= 15 is 0 Å². The number of rotatable bonds is 5. The third kappa shape index (κ3) is 3.43. The molecule has 1 aliphatic rings. The number of likely N-dealkylation sites (tertiary alicyclic amines) is 1. The first-order valence-corrected chi connectivity index (χ1v) is 9.95. The Labute approximate surface area is 175 Å². The van der Waals surface area contributed by atoms with Crippen LogP contribution in [0.1, 0.15) is 22.2 Å². The maximum Gasteiger partial charge on any atom is 0.296 e. The van der Waals surface area contributed by atoms with Crippen molar-refractivity contribution in [2.75, 3.05) is 7.11 Å². The van der Waals surface area contributed by atoms with Crippen molar-refractivity contribution in [2.24, 2.45) is 0 Å². The quantitative estimate of drug-likeness (QED) is 0.363. The Balaban J connectivity index is 1.83. The van der Waals surface area contributed by atoms with E-state index in [1.54, 1.807) is 24.3 Å². The molecule has 1 aliphatic heterocycles. The number of carbonyl (C=O) groups excluding carboxylic acids is 2. The van der Waals surface area contributed by atoms with Crippen LogP contribution in [0.3, 0.4) is 0 Å². The van der Waals surface area contributed by atoms with Crippen LogP contribution in [0.4, 0.5) is 0 Å². The van der Waals surface area contributed by atoms with Crippen molar-refractivity contribution in [3.63, 3.8) is 0 Å². The number of aliphatic hydroxyl groups is 1. The molecular formula is C21H16ClNO5S. The number of hydrogen-bond donors (Lipinski definition) is 1. The highest BCUT2D eigenvalue weighted by Crippen LogP contribution is 2.41. The Bertz CT molecular complexity index is 1090. The van der Waals surface area contributed by atoms with Gasteiger partial charge in [-0.1, -0.05) is 17.7 Å². The van der Waals surface area contributed by atoms with E-state index in [0.29, 0.717) is 17.1 Å². The van der Waals surface area contributed by atoms with Gasteiger partial charge in [-0.15, -0.1) is 11.3 Å². The maximum atomic E-state index is 12.9. The average molecular weight is 430 g/mol. The van der Waals surface area contributed by atoms with Crippen molar-refractivity contribution in [1.82, 2.24) is 4.90 Å². The Morgan fingerprint density at radius 1 is 1.28 bits per heavy atom. The number of hydrogen-bond acceptors (Lipinski definition) is 6. The van der Waals surface area contributed by atoms with Crippen LogP contribution >= 0.6 is 22.9 Å². The monoisotopic (exact) mass is 429 g/mol. The van der Waals surface area contributed by atoms with Gasteiger partial charge in [0.15, 0.2) is 0 Å². The van der Waals surface area contributed by atoms with E-state index in [4.69, 9.17) is 20.8 Å². The molecule has 1 fully saturated rings. The number of benzene rings is 1. The molecule has 1 saturated heterocycles. The minimum atomic E-state index is -0.840. The number of amides is 1. The second-order valence-corrected chi connectivity index (χ2v) is 7.81. The van der Waals surface area contributed by atoms with E-state index in [1.807, 2.05) is 17.5 Å². The van der Waals surface area contributed by atoms with E-state index in [2.05, 4.69) is 0 Å². The predicted octanol–water partition coefficient (Wildman–Crippen LogP) is 4.63. The summed E-state index contributed by atoms with van der Waals surface area (Å²) in [5.41, 5.74) is 0.268. The zero-order valence-electron chi connectivity index (χ0n) is 15.3. The topological polar surface area (TPSA) is 80.0 Å². The smallest absolute Gasteiger partial charge is 0.296 e. The normalized spacial score (nSPS) is 18.4. The van der Waals surface area contributed by atoms with Crippen LogP contribution < -0.4 is 4.74 Å². The van der Waals surface area contributed by atoms with Crippen LogP contribution in [-0.2, 0) is 16.1 Å². The highest BCUT2D eigenvalue weighted by Gasteiger charge is 2.47. The number of nitrogens with zero attached hydrogens (tertiary/aromatic N) is 1. The number of Topliss-reactive ketones (excluding diaryl/α,β-unsaturated/α-hetero) is 1. The molecule has 148 valence electrons. The van der Waals surface area contributed by atoms with Crippen LogP contribution in [0.5, 0.6) is 5.75 Å². The summed E-state index contributed by atoms with van der Waals surface area (Å²) in [5, 5.41) is 13.1. The lowest BCUT2D eigenvalue weighted by Gasteiger charge is -2.22. The molecule has 3 aromatic rings. The van der Waals surface area contributed by atoms with Crippen molar-refractivity contribution in [2.45, 2.75) is 12.6 Å². The van der Waals surface area contributed by atoms with Crippen LogP contribution in [0, 0.1) is 0 Å². The molecule has 0 aliphatic carbocycles. The lowest BCUT2D eigenvalue weighted by molar-refractivity contribution is -0.140. The zero-order valence-corrected chi connectivity index (χ0v) is 16.9. The van der Waals surface area contributed by atoms with E-state index in [-0.39, 0.29) is 22.9 Å². The van der Waals surface area contributed by atoms with Gasteiger partial charge in [-0.3, -0.25) is 9.59 Å². The van der Waals surface area contributed by atoms with Crippen LogP contribution in [0.15, 0.2) is 64.1 Å². The van der Waals surface area contributed by atoms with Gasteiger partial charge < -0.3 is 19.2 Å². The second-order valence-electron chi connectivity index (χ2n) is 6.37. The van der Waals surface area contributed by atoms with Gasteiger partial charge in [-0.05, 0) is 41.8 Å². The summed E-state index contributed by atoms with van der Waals surface area (Å²) in [6.45, 7) is 0.230. The standard InChI is InChI=1S/C21H16ClNO5S/c1-27-15-7-6-12(10-14(15)22)19(24)17-18(16-5-2-8-28-16)23(21(26)20(17)25)11-13-4-3-9-29-13/h2-10,18,24H,11H2,1H3/b19-17-. The first kappa shape index (κ1) is 19.3. The van der Waals surface area contributed by atoms with E-state index in [0.717, 1.165) is 4.88 Å². The molecule has 3 heterocycles. The number of furan rings is 1. The van der Waals surface area contributed by atoms with Gasteiger partial charge in [0.05, 0.1) is 30.5 Å². The summed E-state index contributed by atoms with van der Waals surface area (Å²) < 4.78 is 10.6. The lowest BCUT2D eigenvalue weighted by atomic mass is 9.99. The first-order chi connectivity index (χ1) is 14.0. The molecule has 0 saturated carbocycles. The minimum absolute atomic E-state index is 0.0391. The fraction of sp³-hybridized carbons (Fsp3) is 0.143. The number of ketones is 1. The van der Waals surface area contributed by atoms with E-state index < -0.39 is 17.7 Å². The number of methoxy groups -OCH3 is 1. The molecular weight excluding hydrogens is 414 g/mol. The highest BCUT2D eigenvalue weighted by atomic mass is 35.5. The van der Waals surface area contributed by atoms with Crippen molar-refractivity contribution in [3.8, 4) is 5.75 Å². The van der Waals surface area contributed by atoms with Gasteiger partial charge in [0, 0.05) is 10.4 Å². The van der Waals surface area contributed by atoms with Gasteiger partial charge in [-0.25, -0.2) is 0 Å². The molecule has 29 heavy (non-hydrogen) atoms. The first-order valence-electron chi connectivity index (χ1n) is 8.69. The molecule has 1 N–H and O–H groups in total.